The Morgan fingerprint density at radius 3 is 2.67 bits per heavy atom. The van der Waals surface area contributed by atoms with Crippen LogP contribution in [0.5, 0.6) is 11.5 Å². The third-order valence-corrected chi connectivity index (χ3v) is 8.55. The van der Waals surface area contributed by atoms with Crippen LogP contribution in [0.25, 0.3) is 22.2 Å². The number of pyridine rings is 1. The fourth-order valence-corrected chi connectivity index (χ4v) is 6.46. The van der Waals surface area contributed by atoms with Crippen LogP contribution in [0.3, 0.4) is 0 Å². The van der Waals surface area contributed by atoms with E-state index < -0.39 is 0 Å². The number of carbonyl (C=O) groups is 1. The molecule has 2 N–H and O–H groups in total. The summed E-state index contributed by atoms with van der Waals surface area (Å²) in [5.74, 6) is 2.99. The van der Waals surface area contributed by atoms with E-state index in [1.807, 2.05) is 38.2 Å². The van der Waals surface area contributed by atoms with Gasteiger partial charge in [-0.2, -0.15) is 0 Å². The summed E-state index contributed by atoms with van der Waals surface area (Å²) in [6, 6.07) is 16.6. The third-order valence-electron chi connectivity index (χ3n) is 8.55. The van der Waals surface area contributed by atoms with Crippen molar-refractivity contribution in [3.63, 3.8) is 0 Å². The van der Waals surface area contributed by atoms with Crippen molar-refractivity contribution in [3.05, 3.63) is 83.5 Å². The smallest absolute Gasteiger partial charge is 0.255 e. The van der Waals surface area contributed by atoms with Crippen LogP contribution in [-0.2, 0) is 0 Å². The Kier molecular flexibility index (Phi) is 6.76. The van der Waals surface area contributed by atoms with E-state index in [2.05, 4.69) is 44.0 Å². The molecule has 43 heavy (non-hydrogen) atoms. The number of nitrogens with one attached hydrogen (secondary N) is 1. The number of ether oxygens (including phenoxy) is 1. The number of phenols is 1. The first-order valence-electron chi connectivity index (χ1n) is 14.7. The zero-order valence-corrected chi connectivity index (χ0v) is 24.4. The van der Waals surface area contributed by atoms with E-state index in [4.69, 9.17) is 14.2 Å². The maximum atomic E-state index is 12.5. The molecule has 0 radical (unpaired) electrons. The largest absolute Gasteiger partial charge is 0.507 e. The van der Waals surface area contributed by atoms with Crippen molar-refractivity contribution in [3.8, 4) is 22.6 Å². The summed E-state index contributed by atoms with van der Waals surface area (Å²) in [7, 11) is 0. The molecule has 1 amide bonds. The maximum absolute atomic E-state index is 12.5. The topological polar surface area (TPSA) is 119 Å². The Morgan fingerprint density at radius 2 is 1.93 bits per heavy atom. The number of rotatable bonds is 8. The fraction of sp³-hybridized carbons (Fsp3) is 0.333. The van der Waals surface area contributed by atoms with Gasteiger partial charge in [0.05, 0.1) is 28.0 Å². The van der Waals surface area contributed by atoms with E-state index in [1.165, 1.54) is 6.07 Å². The third kappa shape index (κ3) is 4.76. The van der Waals surface area contributed by atoms with Gasteiger partial charge in [-0.1, -0.05) is 30.3 Å². The van der Waals surface area contributed by atoms with Gasteiger partial charge in [0.2, 0.25) is 5.95 Å². The summed E-state index contributed by atoms with van der Waals surface area (Å²) < 4.78 is 14.3. The number of phenolic OH excluding ortho intramolecular Hbond substituents is 1. The van der Waals surface area contributed by atoms with E-state index >= 15 is 0 Å². The minimum atomic E-state index is -0.252. The molecule has 5 aromatic rings. The summed E-state index contributed by atoms with van der Waals surface area (Å²) in [4.78, 5) is 24.7. The van der Waals surface area contributed by atoms with Crippen LogP contribution >= 0.6 is 0 Å². The Labute approximate surface area is 249 Å². The van der Waals surface area contributed by atoms with Gasteiger partial charge in [0.1, 0.15) is 29.7 Å². The van der Waals surface area contributed by atoms with Crippen molar-refractivity contribution >= 4 is 22.9 Å². The van der Waals surface area contributed by atoms with Gasteiger partial charge in [-0.15, -0.1) is 0 Å². The Balaban J connectivity index is 1.13. The summed E-state index contributed by atoms with van der Waals surface area (Å²) in [5, 5.41) is 17.1. The van der Waals surface area contributed by atoms with Crippen LogP contribution < -0.4 is 15.0 Å². The number of carbonyl (C=O) groups excluding carboxylic acids is 1. The molecule has 10 nitrogen and oxygen atoms in total. The molecule has 3 aromatic heterocycles. The molecule has 7 rings (SSSR count). The van der Waals surface area contributed by atoms with Gasteiger partial charge < -0.3 is 24.6 Å². The minimum absolute atomic E-state index is 0.00489. The van der Waals surface area contributed by atoms with Crippen LogP contribution in [0.2, 0.25) is 0 Å². The highest BCUT2D eigenvalue weighted by Gasteiger charge is 2.37. The zero-order chi connectivity index (χ0) is 29.7. The van der Waals surface area contributed by atoms with Gasteiger partial charge in [0.25, 0.3) is 5.91 Å². The summed E-state index contributed by atoms with van der Waals surface area (Å²) in [6.45, 7) is 8.77. The predicted octanol–water partition coefficient (Wildman–Crippen LogP) is 5.28. The average molecular weight is 579 g/mol. The number of hydrogen-bond acceptors (Lipinski definition) is 8. The summed E-state index contributed by atoms with van der Waals surface area (Å²) >= 11 is 0. The van der Waals surface area contributed by atoms with E-state index in [1.54, 1.807) is 18.2 Å². The number of imidazole rings is 1. The van der Waals surface area contributed by atoms with Crippen LogP contribution in [0.15, 0.2) is 65.3 Å². The number of anilines is 1. The van der Waals surface area contributed by atoms with Crippen LogP contribution in [-0.4, -0.2) is 56.9 Å². The van der Waals surface area contributed by atoms with Gasteiger partial charge in [-0.05, 0) is 68.5 Å². The lowest BCUT2D eigenvalue weighted by molar-refractivity contribution is 0.0943. The molecule has 1 fully saturated rings. The number of hydrogen-bond donors (Lipinski definition) is 2. The van der Waals surface area contributed by atoms with Gasteiger partial charge in [0, 0.05) is 31.4 Å². The van der Waals surface area contributed by atoms with Crippen molar-refractivity contribution in [2.75, 3.05) is 31.1 Å². The van der Waals surface area contributed by atoms with Crippen molar-refractivity contribution in [1.29, 1.82) is 0 Å². The number of amides is 1. The second kappa shape index (κ2) is 10.8. The number of para-hydroxylation sites is 1. The summed E-state index contributed by atoms with van der Waals surface area (Å²) in [5.41, 5.74) is 5.80. The predicted molar refractivity (Wildman–Crippen MR) is 162 cm³/mol. The van der Waals surface area contributed by atoms with Crippen molar-refractivity contribution in [2.45, 2.75) is 33.2 Å². The minimum Gasteiger partial charge on any atom is -0.507 e. The fourth-order valence-electron chi connectivity index (χ4n) is 6.46. The lowest BCUT2D eigenvalue weighted by atomic mass is 9.89. The molecule has 0 saturated carbocycles. The summed E-state index contributed by atoms with van der Waals surface area (Å²) in [6.07, 6.45) is 2.80. The maximum Gasteiger partial charge on any atom is 0.255 e. The molecular weight excluding hydrogens is 544 g/mol. The number of aromatic nitrogens is 4. The van der Waals surface area contributed by atoms with E-state index in [-0.39, 0.29) is 17.7 Å². The van der Waals surface area contributed by atoms with Crippen LogP contribution in [0.4, 0.5) is 5.95 Å². The molecular formula is C33H34N6O4. The quantitative estimate of drug-likeness (QED) is 0.255. The van der Waals surface area contributed by atoms with Crippen LogP contribution in [0.1, 0.15) is 46.9 Å². The lowest BCUT2D eigenvalue weighted by Crippen LogP contribution is -2.49. The Bertz CT molecular complexity index is 1790. The lowest BCUT2D eigenvalue weighted by Gasteiger charge is -2.42. The monoisotopic (exact) mass is 578 g/mol. The van der Waals surface area contributed by atoms with E-state index in [0.717, 1.165) is 70.5 Å². The molecule has 220 valence electrons. The number of aromatic hydroxyl groups is 1. The number of nitrogens with zero attached hydrogens (tertiary/aromatic N) is 5. The van der Waals surface area contributed by atoms with E-state index in [9.17, 15) is 9.90 Å². The van der Waals surface area contributed by atoms with Crippen molar-refractivity contribution < 1.29 is 19.2 Å². The molecule has 1 saturated heterocycles. The molecule has 0 spiro atoms. The van der Waals surface area contributed by atoms with Crippen molar-refractivity contribution in [2.24, 2.45) is 11.8 Å². The first-order chi connectivity index (χ1) is 20.9. The van der Waals surface area contributed by atoms with Gasteiger partial charge in [0.15, 0.2) is 5.75 Å². The first-order valence-corrected chi connectivity index (χ1v) is 14.7. The molecule has 0 bridgehead atoms. The highest BCUT2D eigenvalue weighted by Crippen LogP contribution is 2.46. The van der Waals surface area contributed by atoms with Crippen LogP contribution in [0, 0.1) is 25.7 Å². The molecule has 0 aliphatic carbocycles. The second-order valence-corrected chi connectivity index (χ2v) is 11.7. The SMILES string of the molecule is Cc1noc(C)c1-c1ccc2nc(N3CC(CC(C)CNC(=O)c4ccccc4O)C3)n3c2c1OC[C@@H]3c1ccccn1. The molecule has 2 aliphatic heterocycles. The molecule has 1 unspecified atom stereocenters. The second-order valence-electron chi connectivity index (χ2n) is 11.7. The normalized spacial score (nSPS) is 17.0. The zero-order valence-electron chi connectivity index (χ0n) is 24.4. The molecule has 2 aliphatic rings. The average Bonchev–Trinajstić information content (AvgIpc) is 3.54. The standard InChI is InChI=1S/C33H34N6O4/c1-19(15-35-32(41)23-8-4-5-10-28(23)40)14-22-16-38(17-22)33-36-26-12-11-24(29-20(2)37-43-21(29)3)31-30(26)39(33)27(18-42-31)25-9-6-7-13-34-25/h4-13,19,22,27,40H,14-18H2,1-3H3,(H,35,41)/t19?,27-/m1/s1. The highest BCUT2D eigenvalue weighted by atomic mass is 16.5. The first kappa shape index (κ1) is 27.0. The number of benzene rings is 2. The molecule has 2 atom stereocenters. The molecule has 2 aromatic carbocycles. The van der Waals surface area contributed by atoms with Gasteiger partial charge >= 0.3 is 0 Å². The van der Waals surface area contributed by atoms with E-state index in [0.29, 0.717) is 30.6 Å². The Hall–Kier alpha value is -4.86. The van der Waals surface area contributed by atoms with Gasteiger partial charge in [-0.3, -0.25) is 14.3 Å². The number of aryl methyl sites for hydroxylation is 2. The van der Waals surface area contributed by atoms with Crippen molar-refractivity contribution in [1.82, 2.24) is 25.0 Å². The highest BCUT2D eigenvalue weighted by molar-refractivity contribution is 5.97. The Morgan fingerprint density at radius 1 is 1.12 bits per heavy atom. The molecule has 5 heterocycles. The molecule has 10 heteroatoms. The van der Waals surface area contributed by atoms with Gasteiger partial charge in [-0.25, -0.2) is 4.98 Å².